The molecule has 4 nitrogen and oxygen atoms in total. The predicted octanol–water partition coefficient (Wildman–Crippen LogP) is 1.77. The van der Waals surface area contributed by atoms with E-state index >= 15 is 0 Å². The third-order valence-electron chi connectivity index (χ3n) is 4.14. The highest BCUT2D eigenvalue weighted by molar-refractivity contribution is 5.79. The molecule has 0 aliphatic heterocycles. The highest BCUT2D eigenvalue weighted by Crippen LogP contribution is 2.29. The largest absolute Gasteiger partial charge is 0.352 e. The van der Waals surface area contributed by atoms with Crippen LogP contribution in [0.4, 0.5) is 0 Å². The summed E-state index contributed by atoms with van der Waals surface area (Å²) in [5, 5.41) is 3.05. The van der Waals surface area contributed by atoms with E-state index in [9.17, 15) is 4.79 Å². The molecule has 2 atom stereocenters. The van der Waals surface area contributed by atoms with Crippen LogP contribution in [0.15, 0.2) is 18.5 Å². The molecule has 1 aromatic rings. The standard InChI is InChI=1S/C15H23N3O/c1-11-9-17-7-6-13(11)10-18-15(19)14-5-3-2-4-12(14)8-16/h6-7,9,12,14H,2-5,8,10,16H2,1H3,(H,18,19). The van der Waals surface area contributed by atoms with Gasteiger partial charge in [0, 0.05) is 24.9 Å². The maximum Gasteiger partial charge on any atom is 0.223 e. The molecular weight excluding hydrogens is 238 g/mol. The van der Waals surface area contributed by atoms with Gasteiger partial charge in [-0.25, -0.2) is 0 Å². The predicted molar refractivity (Wildman–Crippen MR) is 75.3 cm³/mol. The SMILES string of the molecule is Cc1cnccc1CNC(=O)C1CCCCC1CN. The maximum absolute atomic E-state index is 12.3. The van der Waals surface area contributed by atoms with E-state index in [1.54, 1.807) is 6.20 Å². The van der Waals surface area contributed by atoms with E-state index in [1.165, 1.54) is 6.42 Å². The maximum atomic E-state index is 12.3. The number of carbonyl (C=O) groups is 1. The molecule has 0 radical (unpaired) electrons. The number of nitrogens with zero attached hydrogens (tertiary/aromatic N) is 1. The fourth-order valence-electron chi connectivity index (χ4n) is 2.85. The van der Waals surface area contributed by atoms with E-state index in [4.69, 9.17) is 5.73 Å². The van der Waals surface area contributed by atoms with Gasteiger partial charge in [-0.15, -0.1) is 0 Å². The topological polar surface area (TPSA) is 68.0 Å². The summed E-state index contributed by atoms with van der Waals surface area (Å²) in [6.07, 6.45) is 7.99. The Kier molecular flexibility index (Phi) is 4.91. The summed E-state index contributed by atoms with van der Waals surface area (Å²) in [4.78, 5) is 16.3. The van der Waals surface area contributed by atoms with Gasteiger partial charge in [0.2, 0.25) is 5.91 Å². The zero-order valence-corrected chi connectivity index (χ0v) is 11.6. The van der Waals surface area contributed by atoms with Crippen molar-refractivity contribution in [2.75, 3.05) is 6.54 Å². The Balaban J connectivity index is 1.92. The highest BCUT2D eigenvalue weighted by Gasteiger charge is 2.29. The summed E-state index contributed by atoms with van der Waals surface area (Å²) in [6.45, 7) is 3.21. The first-order chi connectivity index (χ1) is 9.22. The fourth-order valence-corrected chi connectivity index (χ4v) is 2.85. The van der Waals surface area contributed by atoms with Gasteiger partial charge in [0.05, 0.1) is 0 Å². The Hall–Kier alpha value is -1.42. The minimum atomic E-state index is 0.0980. The zero-order valence-electron chi connectivity index (χ0n) is 11.6. The van der Waals surface area contributed by atoms with E-state index in [1.807, 2.05) is 19.2 Å². The first kappa shape index (κ1) is 14.0. The summed E-state index contributed by atoms with van der Waals surface area (Å²) in [7, 11) is 0. The van der Waals surface area contributed by atoms with Crippen molar-refractivity contribution in [2.45, 2.75) is 39.2 Å². The smallest absolute Gasteiger partial charge is 0.223 e. The molecule has 1 heterocycles. The molecule has 1 aromatic heterocycles. The molecule has 1 amide bonds. The first-order valence-corrected chi connectivity index (χ1v) is 7.09. The average molecular weight is 261 g/mol. The summed E-state index contributed by atoms with van der Waals surface area (Å²) >= 11 is 0. The normalized spacial score (nSPS) is 23.1. The van der Waals surface area contributed by atoms with Crippen molar-refractivity contribution in [3.8, 4) is 0 Å². The van der Waals surface area contributed by atoms with Crippen LogP contribution in [0.3, 0.4) is 0 Å². The van der Waals surface area contributed by atoms with Crippen LogP contribution in [0.25, 0.3) is 0 Å². The second kappa shape index (κ2) is 6.66. The molecule has 1 aliphatic carbocycles. The van der Waals surface area contributed by atoms with E-state index in [2.05, 4.69) is 10.3 Å². The summed E-state index contributed by atoms with van der Waals surface area (Å²) < 4.78 is 0. The monoisotopic (exact) mass is 261 g/mol. The first-order valence-electron chi connectivity index (χ1n) is 7.09. The van der Waals surface area contributed by atoms with Gasteiger partial charge in [0.15, 0.2) is 0 Å². The van der Waals surface area contributed by atoms with Crippen LogP contribution >= 0.6 is 0 Å². The fraction of sp³-hybridized carbons (Fsp3) is 0.600. The van der Waals surface area contributed by atoms with E-state index in [0.717, 1.165) is 30.4 Å². The van der Waals surface area contributed by atoms with Crippen molar-refractivity contribution in [1.82, 2.24) is 10.3 Å². The van der Waals surface area contributed by atoms with Crippen molar-refractivity contribution >= 4 is 5.91 Å². The molecule has 1 aliphatic rings. The molecule has 0 aromatic carbocycles. The molecule has 1 fully saturated rings. The lowest BCUT2D eigenvalue weighted by Gasteiger charge is -2.29. The number of carbonyl (C=O) groups excluding carboxylic acids is 1. The van der Waals surface area contributed by atoms with E-state index in [0.29, 0.717) is 19.0 Å². The van der Waals surface area contributed by atoms with Gasteiger partial charge in [0.25, 0.3) is 0 Å². The third kappa shape index (κ3) is 3.53. The Morgan fingerprint density at radius 3 is 3.00 bits per heavy atom. The van der Waals surface area contributed by atoms with Crippen LogP contribution in [0.2, 0.25) is 0 Å². The van der Waals surface area contributed by atoms with Gasteiger partial charge < -0.3 is 11.1 Å². The molecule has 2 unspecified atom stereocenters. The molecule has 0 spiro atoms. The molecule has 3 N–H and O–H groups in total. The minimum absolute atomic E-state index is 0.0980. The molecule has 104 valence electrons. The summed E-state index contributed by atoms with van der Waals surface area (Å²) in [5.41, 5.74) is 8.02. The van der Waals surface area contributed by atoms with Crippen LogP contribution in [-0.4, -0.2) is 17.4 Å². The van der Waals surface area contributed by atoms with Gasteiger partial charge in [-0.2, -0.15) is 0 Å². The lowest BCUT2D eigenvalue weighted by atomic mass is 9.79. The lowest BCUT2D eigenvalue weighted by Crippen LogP contribution is -2.39. The van der Waals surface area contributed by atoms with Crippen molar-refractivity contribution < 1.29 is 4.79 Å². The Bertz CT molecular complexity index is 433. The Labute approximate surface area is 114 Å². The number of nitrogens with two attached hydrogens (primary N) is 1. The number of pyridine rings is 1. The molecule has 0 saturated heterocycles. The summed E-state index contributed by atoms with van der Waals surface area (Å²) in [5.74, 6) is 0.611. The van der Waals surface area contributed by atoms with Crippen molar-refractivity contribution in [1.29, 1.82) is 0 Å². The van der Waals surface area contributed by atoms with Crippen molar-refractivity contribution in [2.24, 2.45) is 17.6 Å². The van der Waals surface area contributed by atoms with Crippen molar-refractivity contribution in [3.63, 3.8) is 0 Å². The molecule has 1 saturated carbocycles. The molecular formula is C15H23N3O. The third-order valence-corrected chi connectivity index (χ3v) is 4.14. The quantitative estimate of drug-likeness (QED) is 0.868. The Morgan fingerprint density at radius 2 is 2.26 bits per heavy atom. The number of nitrogens with one attached hydrogen (secondary N) is 1. The summed E-state index contributed by atoms with van der Waals surface area (Å²) in [6, 6.07) is 1.96. The number of aryl methyl sites for hydroxylation is 1. The van der Waals surface area contributed by atoms with Gasteiger partial charge >= 0.3 is 0 Å². The molecule has 4 heteroatoms. The van der Waals surface area contributed by atoms with E-state index < -0.39 is 0 Å². The van der Waals surface area contributed by atoms with Crippen LogP contribution in [0, 0.1) is 18.8 Å². The number of aromatic nitrogens is 1. The van der Waals surface area contributed by atoms with Gasteiger partial charge in [-0.05, 0) is 49.4 Å². The molecule has 0 bridgehead atoms. The van der Waals surface area contributed by atoms with Gasteiger partial charge in [-0.1, -0.05) is 12.8 Å². The lowest BCUT2D eigenvalue weighted by molar-refractivity contribution is -0.127. The van der Waals surface area contributed by atoms with Crippen molar-refractivity contribution in [3.05, 3.63) is 29.6 Å². The molecule has 19 heavy (non-hydrogen) atoms. The Morgan fingerprint density at radius 1 is 1.47 bits per heavy atom. The minimum Gasteiger partial charge on any atom is -0.352 e. The highest BCUT2D eigenvalue weighted by atomic mass is 16.1. The number of rotatable bonds is 4. The second-order valence-corrected chi connectivity index (χ2v) is 5.41. The van der Waals surface area contributed by atoms with Crippen LogP contribution < -0.4 is 11.1 Å². The number of hydrogen-bond donors (Lipinski definition) is 2. The van der Waals surface area contributed by atoms with Gasteiger partial charge in [-0.3, -0.25) is 9.78 Å². The van der Waals surface area contributed by atoms with Gasteiger partial charge in [0.1, 0.15) is 0 Å². The number of hydrogen-bond acceptors (Lipinski definition) is 3. The van der Waals surface area contributed by atoms with Crippen LogP contribution in [0.1, 0.15) is 36.8 Å². The van der Waals surface area contributed by atoms with Crippen LogP contribution in [0.5, 0.6) is 0 Å². The zero-order chi connectivity index (χ0) is 13.7. The second-order valence-electron chi connectivity index (χ2n) is 5.41. The van der Waals surface area contributed by atoms with E-state index in [-0.39, 0.29) is 11.8 Å². The number of amides is 1. The van der Waals surface area contributed by atoms with Crippen LogP contribution in [-0.2, 0) is 11.3 Å². The molecule has 2 rings (SSSR count). The average Bonchev–Trinajstić information content (AvgIpc) is 2.46.